The maximum Gasteiger partial charge on any atom is 0.119 e. The molecule has 0 saturated carbocycles. The van der Waals surface area contributed by atoms with Crippen LogP contribution >= 0.6 is 0 Å². The lowest BCUT2D eigenvalue weighted by Gasteiger charge is -2.27. The fourth-order valence-electron chi connectivity index (χ4n) is 2.59. The molecule has 1 aliphatic heterocycles. The van der Waals surface area contributed by atoms with Crippen molar-refractivity contribution in [3.8, 4) is 11.5 Å². The third-order valence-corrected chi connectivity index (χ3v) is 3.83. The van der Waals surface area contributed by atoms with Crippen molar-refractivity contribution >= 4 is 0 Å². The molecule has 0 radical (unpaired) electrons. The Morgan fingerprint density at radius 2 is 1.80 bits per heavy atom. The van der Waals surface area contributed by atoms with Crippen molar-refractivity contribution in [3.05, 3.63) is 24.3 Å². The van der Waals surface area contributed by atoms with E-state index in [-0.39, 0.29) is 0 Å². The standard InChI is InChI=1S/C16H26N2O2/c1-18(13-14-7-9-17-10-8-14)11-12-20-16-5-3-15(19-2)4-6-16/h3-6,14,17H,7-13H2,1-2H3. The second-order valence-electron chi connectivity index (χ2n) is 5.48. The van der Waals surface area contributed by atoms with Crippen LogP contribution in [0, 0.1) is 5.92 Å². The molecule has 0 aliphatic carbocycles. The maximum atomic E-state index is 5.76. The molecule has 0 amide bonds. The lowest BCUT2D eigenvalue weighted by atomic mass is 9.98. The normalized spacial score (nSPS) is 16.4. The summed E-state index contributed by atoms with van der Waals surface area (Å²) >= 11 is 0. The van der Waals surface area contributed by atoms with E-state index < -0.39 is 0 Å². The second kappa shape index (κ2) is 8.12. The van der Waals surface area contributed by atoms with Gasteiger partial charge in [0.05, 0.1) is 7.11 Å². The smallest absolute Gasteiger partial charge is 0.119 e. The summed E-state index contributed by atoms with van der Waals surface area (Å²) in [6, 6.07) is 7.75. The van der Waals surface area contributed by atoms with Crippen LogP contribution in [0.1, 0.15) is 12.8 Å². The number of methoxy groups -OCH3 is 1. The number of piperidine rings is 1. The highest BCUT2D eigenvalue weighted by Crippen LogP contribution is 2.17. The number of nitrogens with zero attached hydrogens (tertiary/aromatic N) is 1. The van der Waals surface area contributed by atoms with E-state index in [1.165, 1.54) is 32.5 Å². The molecule has 0 atom stereocenters. The predicted molar refractivity (Wildman–Crippen MR) is 81.6 cm³/mol. The van der Waals surface area contributed by atoms with Crippen LogP contribution < -0.4 is 14.8 Å². The summed E-state index contributed by atoms with van der Waals surface area (Å²) in [7, 11) is 3.85. The number of nitrogens with one attached hydrogen (secondary N) is 1. The zero-order valence-electron chi connectivity index (χ0n) is 12.6. The van der Waals surface area contributed by atoms with Crippen LogP contribution in [-0.4, -0.2) is 51.8 Å². The largest absolute Gasteiger partial charge is 0.497 e. The van der Waals surface area contributed by atoms with Gasteiger partial charge in [0.2, 0.25) is 0 Å². The van der Waals surface area contributed by atoms with Crippen molar-refractivity contribution in [2.75, 3.05) is 46.9 Å². The van der Waals surface area contributed by atoms with E-state index in [9.17, 15) is 0 Å². The van der Waals surface area contributed by atoms with Gasteiger partial charge in [-0.3, -0.25) is 0 Å². The summed E-state index contributed by atoms with van der Waals surface area (Å²) < 4.78 is 10.9. The van der Waals surface area contributed by atoms with Gasteiger partial charge in [-0.2, -0.15) is 0 Å². The van der Waals surface area contributed by atoms with E-state index in [0.717, 1.165) is 30.6 Å². The van der Waals surface area contributed by atoms with Gasteiger partial charge in [-0.1, -0.05) is 0 Å². The van der Waals surface area contributed by atoms with E-state index in [1.807, 2.05) is 24.3 Å². The van der Waals surface area contributed by atoms with E-state index in [2.05, 4.69) is 17.3 Å². The first-order chi connectivity index (χ1) is 9.78. The Bertz CT molecular complexity index is 375. The number of likely N-dealkylation sites (N-methyl/N-ethyl adjacent to an activating group) is 1. The highest BCUT2D eigenvalue weighted by atomic mass is 16.5. The molecule has 1 aromatic carbocycles. The molecule has 1 aliphatic rings. The van der Waals surface area contributed by atoms with Crippen LogP contribution in [0.4, 0.5) is 0 Å². The fraction of sp³-hybridized carbons (Fsp3) is 0.625. The molecule has 0 aromatic heterocycles. The Hall–Kier alpha value is -1.26. The zero-order chi connectivity index (χ0) is 14.2. The number of hydrogen-bond donors (Lipinski definition) is 1. The molecule has 2 rings (SSSR count). The summed E-state index contributed by atoms with van der Waals surface area (Å²) in [6.07, 6.45) is 2.59. The van der Waals surface area contributed by atoms with Crippen LogP contribution in [0.5, 0.6) is 11.5 Å². The molecule has 4 nitrogen and oxygen atoms in total. The monoisotopic (exact) mass is 278 g/mol. The molecular formula is C16H26N2O2. The number of hydrogen-bond acceptors (Lipinski definition) is 4. The van der Waals surface area contributed by atoms with Crippen molar-refractivity contribution in [2.45, 2.75) is 12.8 Å². The van der Waals surface area contributed by atoms with Crippen LogP contribution in [0.3, 0.4) is 0 Å². The van der Waals surface area contributed by atoms with Crippen LogP contribution in [0.25, 0.3) is 0 Å². The molecule has 0 unspecified atom stereocenters. The summed E-state index contributed by atoms with van der Waals surface area (Å²) in [4.78, 5) is 2.37. The van der Waals surface area contributed by atoms with Crippen LogP contribution in [0.2, 0.25) is 0 Å². The van der Waals surface area contributed by atoms with Crippen molar-refractivity contribution in [1.82, 2.24) is 10.2 Å². The van der Waals surface area contributed by atoms with Gasteiger partial charge in [0, 0.05) is 13.1 Å². The van der Waals surface area contributed by atoms with Gasteiger partial charge < -0.3 is 19.7 Å². The summed E-state index contributed by atoms with van der Waals surface area (Å²) in [6.45, 7) is 5.21. The van der Waals surface area contributed by atoms with Crippen molar-refractivity contribution in [1.29, 1.82) is 0 Å². The number of ether oxygens (including phenoxy) is 2. The van der Waals surface area contributed by atoms with Crippen molar-refractivity contribution < 1.29 is 9.47 Å². The van der Waals surface area contributed by atoms with Gasteiger partial charge in [-0.05, 0) is 63.2 Å². The fourth-order valence-corrected chi connectivity index (χ4v) is 2.59. The molecule has 4 heteroatoms. The molecule has 1 aromatic rings. The van der Waals surface area contributed by atoms with Gasteiger partial charge >= 0.3 is 0 Å². The topological polar surface area (TPSA) is 33.7 Å². The Morgan fingerprint density at radius 3 is 2.45 bits per heavy atom. The molecular weight excluding hydrogens is 252 g/mol. The minimum atomic E-state index is 0.730. The van der Waals surface area contributed by atoms with Gasteiger partial charge in [-0.15, -0.1) is 0 Å². The quantitative estimate of drug-likeness (QED) is 0.827. The first kappa shape index (κ1) is 15.1. The van der Waals surface area contributed by atoms with Gasteiger partial charge in [0.15, 0.2) is 0 Å². The van der Waals surface area contributed by atoms with Crippen LogP contribution in [0.15, 0.2) is 24.3 Å². The molecule has 0 bridgehead atoms. The first-order valence-electron chi connectivity index (χ1n) is 7.44. The molecule has 20 heavy (non-hydrogen) atoms. The maximum absolute atomic E-state index is 5.76. The molecule has 1 heterocycles. The number of rotatable bonds is 7. The number of benzene rings is 1. The Balaban J connectivity index is 1.63. The predicted octanol–water partition coefficient (Wildman–Crippen LogP) is 2.01. The molecule has 1 fully saturated rings. The average molecular weight is 278 g/mol. The van der Waals surface area contributed by atoms with Gasteiger partial charge in [-0.25, -0.2) is 0 Å². The van der Waals surface area contributed by atoms with Gasteiger partial charge in [0.25, 0.3) is 0 Å². The Morgan fingerprint density at radius 1 is 1.15 bits per heavy atom. The minimum absolute atomic E-state index is 0.730. The van der Waals surface area contributed by atoms with E-state index in [0.29, 0.717) is 0 Å². The average Bonchev–Trinajstić information content (AvgIpc) is 2.49. The van der Waals surface area contributed by atoms with Crippen molar-refractivity contribution in [2.24, 2.45) is 5.92 Å². The van der Waals surface area contributed by atoms with Crippen molar-refractivity contribution in [3.63, 3.8) is 0 Å². The Labute approximate surface area is 122 Å². The molecule has 1 N–H and O–H groups in total. The van der Waals surface area contributed by atoms with E-state index in [4.69, 9.17) is 9.47 Å². The minimum Gasteiger partial charge on any atom is -0.497 e. The van der Waals surface area contributed by atoms with E-state index >= 15 is 0 Å². The lowest BCUT2D eigenvalue weighted by molar-refractivity contribution is 0.199. The third-order valence-electron chi connectivity index (χ3n) is 3.83. The van der Waals surface area contributed by atoms with Crippen LogP contribution in [-0.2, 0) is 0 Å². The summed E-state index contributed by atoms with van der Waals surface area (Å²) in [5, 5.41) is 3.41. The zero-order valence-corrected chi connectivity index (χ0v) is 12.6. The summed E-state index contributed by atoms with van der Waals surface area (Å²) in [5.41, 5.74) is 0. The Kier molecular flexibility index (Phi) is 6.15. The summed E-state index contributed by atoms with van der Waals surface area (Å²) in [5.74, 6) is 2.60. The second-order valence-corrected chi connectivity index (χ2v) is 5.48. The first-order valence-corrected chi connectivity index (χ1v) is 7.44. The lowest BCUT2D eigenvalue weighted by Crippen LogP contribution is -2.36. The molecule has 112 valence electrons. The highest BCUT2D eigenvalue weighted by molar-refractivity contribution is 5.31. The SMILES string of the molecule is COc1ccc(OCCN(C)CC2CCNCC2)cc1. The van der Waals surface area contributed by atoms with E-state index in [1.54, 1.807) is 7.11 Å². The highest BCUT2D eigenvalue weighted by Gasteiger charge is 2.14. The molecule has 1 saturated heterocycles. The molecule has 0 spiro atoms. The third kappa shape index (κ3) is 5.02. The van der Waals surface area contributed by atoms with Gasteiger partial charge in [0.1, 0.15) is 18.1 Å².